The first-order valence-electron chi connectivity index (χ1n) is 6.77. The molecule has 2 aromatic rings. The highest BCUT2D eigenvalue weighted by Gasteiger charge is 2.14. The highest BCUT2D eigenvalue weighted by molar-refractivity contribution is 7.99. The minimum atomic E-state index is -3.38. The second-order valence-corrected chi connectivity index (χ2v) is 8.34. The topological polar surface area (TPSA) is 63.2 Å². The van der Waals surface area contributed by atoms with Crippen molar-refractivity contribution >= 4 is 44.8 Å². The van der Waals surface area contributed by atoms with Gasteiger partial charge in [0.15, 0.2) is 9.84 Å². The largest absolute Gasteiger partial charge is 0.324 e. The molecule has 0 spiro atoms. The van der Waals surface area contributed by atoms with E-state index in [0.717, 1.165) is 11.8 Å². The molecule has 0 bridgehead atoms. The molecule has 4 nitrogen and oxygen atoms in total. The second kappa shape index (κ2) is 7.86. The van der Waals surface area contributed by atoms with Gasteiger partial charge in [-0.15, -0.1) is 11.8 Å². The van der Waals surface area contributed by atoms with Gasteiger partial charge in [-0.05, 0) is 29.8 Å². The van der Waals surface area contributed by atoms with Crippen LogP contribution in [0.1, 0.15) is 5.56 Å². The minimum Gasteiger partial charge on any atom is -0.324 e. The first kappa shape index (κ1) is 17.8. The van der Waals surface area contributed by atoms with E-state index in [1.54, 1.807) is 30.3 Å². The maximum atomic E-state index is 12.0. The molecule has 0 radical (unpaired) electrons. The standard InChI is InChI=1S/C16H16ClNO3S2/c1-23(20,21)15-5-3-2-4-14(15)18-16(19)11-22-10-12-6-8-13(17)9-7-12/h2-9H,10-11H2,1H3,(H,18,19). The molecule has 122 valence electrons. The van der Waals surface area contributed by atoms with Crippen molar-refractivity contribution in [1.29, 1.82) is 0 Å². The van der Waals surface area contributed by atoms with E-state index in [1.807, 2.05) is 12.1 Å². The molecular weight excluding hydrogens is 354 g/mol. The van der Waals surface area contributed by atoms with E-state index >= 15 is 0 Å². The summed E-state index contributed by atoms with van der Waals surface area (Å²) in [6.45, 7) is 0. The van der Waals surface area contributed by atoms with Crippen LogP contribution in [0.25, 0.3) is 0 Å². The molecule has 2 rings (SSSR count). The molecule has 2 aromatic carbocycles. The molecule has 0 fully saturated rings. The molecule has 0 unspecified atom stereocenters. The summed E-state index contributed by atoms with van der Waals surface area (Å²) < 4.78 is 23.4. The van der Waals surface area contributed by atoms with Gasteiger partial charge in [-0.25, -0.2) is 8.42 Å². The van der Waals surface area contributed by atoms with Gasteiger partial charge in [0.05, 0.1) is 16.3 Å². The molecule has 0 heterocycles. The van der Waals surface area contributed by atoms with Crippen LogP contribution in [0.3, 0.4) is 0 Å². The van der Waals surface area contributed by atoms with Crippen molar-refractivity contribution in [2.75, 3.05) is 17.3 Å². The Bertz CT molecular complexity index is 789. The summed E-state index contributed by atoms with van der Waals surface area (Å²) in [6, 6.07) is 13.8. The Morgan fingerprint density at radius 3 is 2.43 bits per heavy atom. The third kappa shape index (κ3) is 5.57. The summed E-state index contributed by atoms with van der Waals surface area (Å²) in [5, 5.41) is 3.33. The third-order valence-corrected chi connectivity index (χ3v) is 5.39. The van der Waals surface area contributed by atoms with E-state index in [-0.39, 0.29) is 16.6 Å². The van der Waals surface area contributed by atoms with E-state index in [1.165, 1.54) is 17.8 Å². The third-order valence-electron chi connectivity index (χ3n) is 2.98. The van der Waals surface area contributed by atoms with Crippen LogP contribution in [0.5, 0.6) is 0 Å². The Morgan fingerprint density at radius 2 is 1.78 bits per heavy atom. The number of hydrogen-bond acceptors (Lipinski definition) is 4. The summed E-state index contributed by atoms with van der Waals surface area (Å²) in [7, 11) is -3.38. The smallest absolute Gasteiger partial charge is 0.234 e. The van der Waals surface area contributed by atoms with Gasteiger partial charge in [-0.1, -0.05) is 35.9 Å². The zero-order chi connectivity index (χ0) is 16.9. The van der Waals surface area contributed by atoms with Crippen LogP contribution in [-0.2, 0) is 20.4 Å². The van der Waals surface area contributed by atoms with Gasteiger partial charge in [-0.3, -0.25) is 4.79 Å². The van der Waals surface area contributed by atoms with E-state index < -0.39 is 9.84 Å². The Kier molecular flexibility index (Phi) is 6.10. The van der Waals surface area contributed by atoms with E-state index in [2.05, 4.69) is 5.32 Å². The van der Waals surface area contributed by atoms with Crippen molar-refractivity contribution in [3.63, 3.8) is 0 Å². The van der Waals surface area contributed by atoms with E-state index in [0.29, 0.717) is 16.5 Å². The lowest BCUT2D eigenvalue weighted by Gasteiger charge is -2.09. The Hall–Kier alpha value is -1.50. The number of amides is 1. The van der Waals surface area contributed by atoms with Crippen LogP contribution in [-0.4, -0.2) is 26.3 Å². The molecule has 0 atom stereocenters. The van der Waals surface area contributed by atoms with Gasteiger partial charge in [0.2, 0.25) is 5.91 Å². The van der Waals surface area contributed by atoms with Crippen molar-refractivity contribution < 1.29 is 13.2 Å². The van der Waals surface area contributed by atoms with Crippen molar-refractivity contribution in [3.8, 4) is 0 Å². The highest BCUT2D eigenvalue weighted by Crippen LogP contribution is 2.21. The summed E-state index contributed by atoms with van der Waals surface area (Å²) in [5.74, 6) is 0.680. The number of halogens is 1. The molecule has 23 heavy (non-hydrogen) atoms. The fourth-order valence-electron chi connectivity index (χ4n) is 1.92. The number of benzene rings is 2. The monoisotopic (exact) mass is 369 g/mol. The molecule has 0 saturated heterocycles. The van der Waals surface area contributed by atoms with Crippen LogP contribution in [0, 0.1) is 0 Å². The van der Waals surface area contributed by atoms with Gasteiger partial charge in [0.25, 0.3) is 0 Å². The lowest BCUT2D eigenvalue weighted by atomic mass is 10.2. The van der Waals surface area contributed by atoms with Crippen LogP contribution < -0.4 is 5.32 Å². The van der Waals surface area contributed by atoms with Gasteiger partial charge in [-0.2, -0.15) is 0 Å². The number of para-hydroxylation sites is 1. The second-order valence-electron chi connectivity index (χ2n) is 4.94. The van der Waals surface area contributed by atoms with Crippen molar-refractivity contribution in [1.82, 2.24) is 0 Å². The number of hydrogen-bond donors (Lipinski definition) is 1. The number of rotatable bonds is 6. The Labute approximate surface area is 145 Å². The van der Waals surface area contributed by atoms with Crippen LogP contribution in [0.4, 0.5) is 5.69 Å². The number of nitrogens with one attached hydrogen (secondary N) is 1. The minimum absolute atomic E-state index is 0.121. The normalized spacial score (nSPS) is 11.2. The fourth-order valence-corrected chi connectivity index (χ4v) is 3.68. The van der Waals surface area contributed by atoms with Gasteiger partial charge >= 0.3 is 0 Å². The fraction of sp³-hybridized carbons (Fsp3) is 0.188. The van der Waals surface area contributed by atoms with Crippen LogP contribution >= 0.6 is 23.4 Å². The summed E-state index contributed by atoms with van der Waals surface area (Å²) in [4.78, 5) is 12.1. The van der Waals surface area contributed by atoms with Gasteiger partial charge < -0.3 is 5.32 Å². The lowest BCUT2D eigenvalue weighted by Crippen LogP contribution is -2.16. The summed E-state index contributed by atoms with van der Waals surface area (Å²) in [5.41, 5.74) is 1.39. The van der Waals surface area contributed by atoms with Gasteiger partial charge in [0, 0.05) is 17.0 Å². The highest BCUT2D eigenvalue weighted by atomic mass is 35.5. The Morgan fingerprint density at radius 1 is 1.13 bits per heavy atom. The quantitative estimate of drug-likeness (QED) is 0.844. The molecule has 0 aliphatic heterocycles. The van der Waals surface area contributed by atoms with E-state index in [4.69, 9.17) is 11.6 Å². The predicted octanol–water partition coefficient (Wildman–Crippen LogP) is 3.62. The number of carbonyl (C=O) groups excluding carboxylic acids is 1. The summed E-state index contributed by atoms with van der Waals surface area (Å²) >= 11 is 7.27. The first-order valence-corrected chi connectivity index (χ1v) is 10.2. The molecule has 1 N–H and O–H groups in total. The average Bonchev–Trinajstić information content (AvgIpc) is 2.49. The van der Waals surface area contributed by atoms with Crippen molar-refractivity contribution in [2.45, 2.75) is 10.6 Å². The number of anilines is 1. The van der Waals surface area contributed by atoms with Crippen LogP contribution in [0.2, 0.25) is 5.02 Å². The van der Waals surface area contributed by atoms with Crippen LogP contribution in [0.15, 0.2) is 53.4 Å². The lowest BCUT2D eigenvalue weighted by molar-refractivity contribution is -0.113. The maximum Gasteiger partial charge on any atom is 0.234 e. The van der Waals surface area contributed by atoms with Crippen molar-refractivity contribution in [3.05, 3.63) is 59.1 Å². The van der Waals surface area contributed by atoms with Gasteiger partial charge in [0.1, 0.15) is 0 Å². The first-order chi connectivity index (χ1) is 10.9. The molecule has 1 amide bonds. The zero-order valence-corrected chi connectivity index (χ0v) is 14.8. The number of sulfone groups is 1. The predicted molar refractivity (Wildman–Crippen MR) is 95.8 cm³/mol. The Balaban J connectivity index is 1.92. The molecule has 7 heteroatoms. The van der Waals surface area contributed by atoms with Crippen molar-refractivity contribution in [2.24, 2.45) is 0 Å². The SMILES string of the molecule is CS(=O)(=O)c1ccccc1NC(=O)CSCc1ccc(Cl)cc1. The molecule has 0 saturated carbocycles. The molecular formula is C16H16ClNO3S2. The summed E-state index contributed by atoms with van der Waals surface area (Å²) in [6.07, 6.45) is 1.12. The molecule has 0 aliphatic rings. The number of carbonyl (C=O) groups is 1. The maximum absolute atomic E-state index is 12.0. The zero-order valence-electron chi connectivity index (χ0n) is 12.5. The van der Waals surface area contributed by atoms with E-state index in [9.17, 15) is 13.2 Å². The average molecular weight is 370 g/mol. The molecule has 0 aliphatic carbocycles. The number of thioether (sulfide) groups is 1. The molecule has 0 aromatic heterocycles.